The second-order valence-electron chi connectivity index (χ2n) is 1.40. The van der Waals surface area contributed by atoms with Crippen LogP contribution in [0.15, 0.2) is 0 Å². The van der Waals surface area contributed by atoms with Crippen LogP contribution in [0.5, 0.6) is 0 Å². The van der Waals surface area contributed by atoms with Gasteiger partial charge < -0.3 is 4.74 Å². The van der Waals surface area contributed by atoms with Crippen LogP contribution in [-0.4, -0.2) is 35.6 Å². The molecule has 2 nitrogen and oxygen atoms in total. The zero-order valence-electron chi connectivity index (χ0n) is 5.06. The molecule has 0 N–H and O–H groups in total. The Morgan fingerprint density at radius 1 is 1.78 bits per heavy atom. The van der Waals surface area contributed by atoms with Crippen LogP contribution in [0.1, 0.15) is 6.92 Å². The summed E-state index contributed by atoms with van der Waals surface area (Å²) in [6.07, 6.45) is 0. The molecule has 0 unspecified atom stereocenters. The van der Waals surface area contributed by atoms with Gasteiger partial charge in [0.1, 0.15) is 8.65 Å². The van der Waals surface area contributed by atoms with E-state index in [4.69, 9.17) is 0 Å². The lowest BCUT2D eigenvalue weighted by molar-refractivity contribution is 0.173. The van der Waals surface area contributed by atoms with Crippen molar-refractivity contribution < 1.29 is 18.3 Å². The summed E-state index contributed by atoms with van der Waals surface area (Å²) in [6.45, 7) is 1.79. The first kappa shape index (κ1) is 9.10. The van der Waals surface area contributed by atoms with Crippen LogP contribution in [0.3, 0.4) is 0 Å². The first-order chi connectivity index (χ1) is 4.16. The van der Waals surface area contributed by atoms with Gasteiger partial charge in [-0.2, -0.15) is 0 Å². The summed E-state index contributed by atoms with van der Waals surface area (Å²) >= 11 is -1.93. The zero-order valence-corrected chi connectivity index (χ0v) is 6.48. The van der Waals surface area contributed by atoms with E-state index in [2.05, 4.69) is 4.74 Å². The van der Waals surface area contributed by atoms with Gasteiger partial charge in [0.05, 0.1) is 6.61 Å². The molecule has 0 amide bonds. The molecule has 0 aromatic heterocycles. The van der Waals surface area contributed by atoms with E-state index in [0.29, 0.717) is 0 Å². The maximum absolute atomic E-state index is 11.4. The van der Waals surface area contributed by atoms with Crippen molar-refractivity contribution in [3.63, 3.8) is 0 Å². The lowest BCUT2D eigenvalue weighted by Gasteiger charge is -1.97. The fraction of sp³-hybridized carbons (Fsp3) is 0.750. The molecule has 5 heteroatoms. The van der Waals surface area contributed by atoms with Crippen LogP contribution in [0.25, 0.3) is 0 Å². The maximum atomic E-state index is 11.4. The van der Waals surface area contributed by atoms with Gasteiger partial charge in [0, 0.05) is 0 Å². The molecule has 0 atom stereocenters. The van der Waals surface area contributed by atoms with Crippen LogP contribution >= 0.6 is 0 Å². The Labute approximate surface area is 61.3 Å². The van der Waals surface area contributed by atoms with Crippen LogP contribution < -0.4 is 0 Å². The molecule has 0 heterocycles. The van der Waals surface area contributed by atoms with Crippen molar-refractivity contribution in [2.24, 2.45) is 0 Å². The number of rotatable bonds is 3. The molecule has 0 radical (unpaired) electrons. The molecular formula is C4H6F2MgO2. The van der Waals surface area contributed by atoms with Gasteiger partial charge >= 0.3 is 20.4 Å². The summed E-state index contributed by atoms with van der Waals surface area (Å²) in [5.41, 5.74) is 0. The predicted molar refractivity (Wildman–Crippen MR) is 28.8 cm³/mol. The minimum atomic E-state index is -2.45. The first-order valence-corrected chi connectivity index (χ1v) is 4.13. The zero-order chi connectivity index (χ0) is 7.28. The maximum Gasteiger partial charge on any atom is 0.635 e. The van der Waals surface area contributed by atoms with Crippen molar-refractivity contribution in [3.8, 4) is 0 Å². The van der Waals surface area contributed by atoms with Crippen LogP contribution in [0.2, 0.25) is 0 Å². The van der Waals surface area contributed by atoms with E-state index in [1.807, 2.05) is 0 Å². The summed E-state index contributed by atoms with van der Waals surface area (Å²) in [6, 6.07) is 0. The van der Waals surface area contributed by atoms with Gasteiger partial charge in [-0.1, -0.05) is 0 Å². The van der Waals surface area contributed by atoms with E-state index in [9.17, 15) is 13.6 Å². The van der Waals surface area contributed by atoms with Crippen molar-refractivity contribution in [2.75, 3.05) is 6.61 Å². The summed E-state index contributed by atoms with van der Waals surface area (Å²) in [4.78, 5) is 10.2. The summed E-state index contributed by atoms with van der Waals surface area (Å²) in [7, 11) is 0. The molecule has 0 bridgehead atoms. The van der Waals surface area contributed by atoms with E-state index in [1.165, 1.54) is 0 Å². The van der Waals surface area contributed by atoms with Crippen molar-refractivity contribution >= 4 is 24.5 Å². The molecule has 0 fully saturated rings. The van der Waals surface area contributed by atoms with Gasteiger partial charge in [0.15, 0.2) is 0 Å². The smallest absolute Gasteiger partial charge is 0.492 e. The minimum Gasteiger partial charge on any atom is -0.492 e. The molecule has 0 saturated heterocycles. The Morgan fingerprint density at radius 3 is 2.67 bits per heavy atom. The van der Waals surface area contributed by atoms with Crippen molar-refractivity contribution in [1.29, 1.82) is 0 Å². The molecule has 0 saturated carbocycles. The van der Waals surface area contributed by atoms with E-state index in [0.717, 1.165) is 0 Å². The van der Waals surface area contributed by atoms with Gasteiger partial charge in [-0.25, -0.2) is 8.78 Å². The number of halogens is 2. The molecule has 50 valence electrons. The monoisotopic (exact) mass is 148 g/mol. The van der Waals surface area contributed by atoms with Crippen LogP contribution in [-0.2, 0) is 4.74 Å². The SMILES string of the molecule is CCO[C](=O)[Mg][CH](F)F. The number of hydrogen-bond acceptors (Lipinski definition) is 2. The molecule has 0 aliphatic heterocycles. The number of alkyl halides is 2. The second kappa shape index (κ2) is 4.93. The third-order valence-electron chi connectivity index (χ3n) is 0.626. The third kappa shape index (κ3) is 5.98. The van der Waals surface area contributed by atoms with Crippen molar-refractivity contribution in [2.45, 2.75) is 11.5 Å². The fourth-order valence-electron chi connectivity index (χ4n) is 0.346. The van der Waals surface area contributed by atoms with E-state index >= 15 is 0 Å². The van der Waals surface area contributed by atoms with Crippen LogP contribution in [0.4, 0.5) is 13.6 Å². The van der Waals surface area contributed by atoms with Gasteiger partial charge in [-0.15, -0.1) is 0 Å². The Kier molecular flexibility index (Phi) is 4.98. The first-order valence-electron chi connectivity index (χ1n) is 2.60. The molecule has 0 aromatic carbocycles. The molecule has 0 spiro atoms. The Bertz CT molecular complexity index is 96.6. The second-order valence-corrected chi connectivity index (χ2v) is 3.00. The minimum absolute atomic E-state index is 0.193. The molecular weight excluding hydrogens is 142 g/mol. The highest BCUT2D eigenvalue weighted by Gasteiger charge is 2.19. The number of carbonyl (C=O) groups is 1. The van der Waals surface area contributed by atoms with Gasteiger partial charge in [0.2, 0.25) is 0 Å². The fourth-order valence-corrected chi connectivity index (χ4v) is 0.920. The molecule has 0 aliphatic carbocycles. The standard InChI is InChI=1S/C3H5O2.CHF2.Mg/c1-2-5-3-4;2-1-3;/h2H2,1H3;1H;. The third-order valence-corrected chi connectivity index (χ3v) is 1.47. The van der Waals surface area contributed by atoms with E-state index in [-0.39, 0.29) is 6.61 Å². The summed E-state index contributed by atoms with van der Waals surface area (Å²) in [5, 5.41) is 0. The lowest BCUT2D eigenvalue weighted by Crippen LogP contribution is -2.18. The van der Waals surface area contributed by atoms with Gasteiger partial charge in [-0.3, -0.25) is 4.79 Å². The Hall–Kier alpha value is 0.0962. The van der Waals surface area contributed by atoms with E-state index < -0.39 is 29.0 Å². The number of ether oxygens (including phenoxy) is 1. The topological polar surface area (TPSA) is 26.3 Å². The average molecular weight is 148 g/mol. The van der Waals surface area contributed by atoms with Crippen molar-refractivity contribution in [3.05, 3.63) is 0 Å². The highest BCUT2D eigenvalue weighted by Crippen LogP contribution is 1.90. The molecule has 0 aliphatic rings. The van der Waals surface area contributed by atoms with Gasteiger partial charge in [0.25, 0.3) is 0 Å². The predicted octanol–water partition coefficient (Wildman–Crippen LogP) is 1.07. The largest absolute Gasteiger partial charge is 0.635 e. The lowest BCUT2D eigenvalue weighted by atomic mass is 10.9. The quantitative estimate of drug-likeness (QED) is 0.560. The summed E-state index contributed by atoms with van der Waals surface area (Å²) in [5.74, 6) is 0. The number of hydrogen-bond donors (Lipinski definition) is 0. The molecule has 0 aromatic rings. The number of carbonyl (C=O) groups excluding carboxylic acids is 1. The van der Waals surface area contributed by atoms with Crippen molar-refractivity contribution in [1.82, 2.24) is 0 Å². The highest BCUT2D eigenvalue weighted by atomic mass is 24.5. The molecule has 0 rings (SSSR count). The average Bonchev–Trinajstić information content (AvgIpc) is 1.63. The summed E-state index contributed by atoms with van der Waals surface area (Å²) < 4.78 is 23.9. The normalized spacial score (nSPS) is 8.89. The molecule has 9 heavy (non-hydrogen) atoms. The van der Waals surface area contributed by atoms with Gasteiger partial charge in [-0.05, 0) is 6.92 Å². The Balaban J connectivity index is 3.27. The highest BCUT2D eigenvalue weighted by molar-refractivity contribution is 6.72. The van der Waals surface area contributed by atoms with Crippen LogP contribution in [0, 0.1) is 0 Å². The van der Waals surface area contributed by atoms with E-state index in [1.54, 1.807) is 6.92 Å². The Morgan fingerprint density at radius 2 is 2.33 bits per heavy atom.